The van der Waals surface area contributed by atoms with E-state index in [0.717, 1.165) is 6.26 Å². The molecule has 7 nitrogen and oxygen atoms in total. The monoisotopic (exact) mass is 367 g/mol. The maximum absolute atomic E-state index is 14.2. The van der Waals surface area contributed by atoms with Crippen molar-refractivity contribution < 1.29 is 13.9 Å². The molecule has 27 heavy (non-hydrogen) atoms. The summed E-state index contributed by atoms with van der Waals surface area (Å²) in [4.78, 5) is 12.3. The van der Waals surface area contributed by atoms with Gasteiger partial charge in [-0.1, -0.05) is 24.3 Å². The van der Waals surface area contributed by atoms with Crippen molar-refractivity contribution in [3.05, 3.63) is 78.2 Å². The van der Waals surface area contributed by atoms with Crippen LogP contribution in [0.1, 0.15) is 31.1 Å². The van der Waals surface area contributed by atoms with Crippen LogP contribution in [0, 0.1) is 5.82 Å². The highest BCUT2D eigenvalue weighted by Crippen LogP contribution is 2.24. The number of rotatable bonds is 6. The van der Waals surface area contributed by atoms with Gasteiger partial charge in [-0.05, 0) is 26.0 Å². The first-order valence-corrected chi connectivity index (χ1v) is 8.23. The van der Waals surface area contributed by atoms with E-state index in [2.05, 4.69) is 20.1 Å². The molecule has 2 heterocycles. The average Bonchev–Trinajstić information content (AvgIpc) is 3.10. The van der Waals surface area contributed by atoms with Gasteiger partial charge in [0, 0.05) is 18.0 Å². The van der Waals surface area contributed by atoms with Crippen molar-refractivity contribution in [2.75, 3.05) is 0 Å². The molecule has 0 fully saturated rings. The SMILES string of the molecule is C/C=C(/c1nc(O)co1)N(Cc1ccccc1F)/N=C(\C)c1ncccn1. The van der Waals surface area contributed by atoms with Crippen LogP contribution in [0.2, 0.25) is 0 Å². The maximum atomic E-state index is 14.2. The standard InChI is InChI=1S/C19H18FN5O2/c1-3-16(19-23-17(26)12-27-19)25(11-14-7-4-5-8-15(14)20)24-13(2)18-21-9-6-10-22-18/h3-10,12,26H,11H2,1-2H3/b16-3-,24-13+. The number of hydrazone groups is 1. The molecule has 0 aliphatic heterocycles. The van der Waals surface area contributed by atoms with Crippen LogP contribution in [0.15, 0.2) is 64.6 Å². The van der Waals surface area contributed by atoms with Gasteiger partial charge in [0.25, 0.3) is 5.88 Å². The minimum Gasteiger partial charge on any atom is -0.491 e. The molecule has 0 aliphatic rings. The molecule has 1 aromatic carbocycles. The maximum Gasteiger partial charge on any atom is 0.250 e. The molecule has 0 saturated heterocycles. The zero-order chi connectivity index (χ0) is 19.2. The highest BCUT2D eigenvalue weighted by atomic mass is 19.1. The van der Waals surface area contributed by atoms with Crippen molar-refractivity contribution >= 4 is 11.4 Å². The fourth-order valence-corrected chi connectivity index (χ4v) is 2.44. The Morgan fingerprint density at radius 3 is 2.63 bits per heavy atom. The van der Waals surface area contributed by atoms with Crippen LogP contribution in [0.4, 0.5) is 4.39 Å². The Morgan fingerprint density at radius 2 is 2.00 bits per heavy atom. The number of oxazole rings is 1. The predicted molar refractivity (Wildman–Crippen MR) is 98.0 cm³/mol. The van der Waals surface area contributed by atoms with Gasteiger partial charge in [0.2, 0.25) is 5.89 Å². The molecule has 138 valence electrons. The second kappa shape index (κ2) is 8.22. The van der Waals surface area contributed by atoms with Crippen LogP contribution < -0.4 is 0 Å². The summed E-state index contributed by atoms with van der Waals surface area (Å²) in [6.45, 7) is 3.65. The molecule has 0 saturated carbocycles. The van der Waals surface area contributed by atoms with Gasteiger partial charge in [-0.2, -0.15) is 10.1 Å². The number of aromatic hydroxyl groups is 1. The Kier molecular flexibility index (Phi) is 5.55. The third-order valence-corrected chi connectivity index (χ3v) is 3.70. The first kappa shape index (κ1) is 18.2. The molecule has 0 bridgehead atoms. The molecule has 0 spiro atoms. The smallest absolute Gasteiger partial charge is 0.250 e. The second-order valence-electron chi connectivity index (χ2n) is 5.59. The Morgan fingerprint density at radius 1 is 1.26 bits per heavy atom. The van der Waals surface area contributed by atoms with E-state index < -0.39 is 0 Å². The van der Waals surface area contributed by atoms with E-state index in [4.69, 9.17) is 4.42 Å². The highest BCUT2D eigenvalue weighted by molar-refractivity contribution is 5.95. The van der Waals surface area contributed by atoms with Crippen LogP contribution in [0.5, 0.6) is 5.88 Å². The molecule has 8 heteroatoms. The van der Waals surface area contributed by atoms with E-state index in [-0.39, 0.29) is 24.1 Å². The summed E-state index contributed by atoms with van der Waals surface area (Å²) in [6, 6.07) is 8.14. The molecule has 0 amide bonds. The summed E-state index contributed by atoms with van der Waals surface area (Å²) < 4.78 is 19.5. The van der Waals surface area contributed by atoms with Crippen molar-refractivity contribution in [2.24, 2.45) is 5.10 Å². The number of allylic oxidation sites excluding steroid dienone is 1. The Balaban J connectivity index is 2.01. The zero-order valence-electron chi connectivity index (χ0n) is 14.9. The Labute approximate surface area is 155 Å². The topological polar surface area (TPSA) is 87.6 Å². The quantitative estimate of drug-likeness (QED) is 0.529. The molecule has 0 aliphatic carbocycles. The summed E-state index contributed by atoms with van der Waals surface area (Å²) in [5.41, 5.74) is 1.44. The third-order valence-electron chi connectivity index (χ3n) is 3.70. The molecule has 2 aromatic heterocycles. The van der Waals surface area contributed by atoms with Gasteiger partial charge < -0.3 is 9.52 Å². The summed E-state index contributed by atoms with van der Waals surface area (Å²) in [7, 11) is 0. The Bertz CT molecular complexity index is 969. The molecule has 0 atom stereocenters. The van der Waals surface area contributed by atoms with E-state index in [1.165, 1.54) is 11.1 Å². The van der Waals surface area contributed by atoms with E-state index in [9.17, 15) is 9.50 Å². The van der Waals surface area contributed by atoms with Crippen LogP contribution in [0.3, 0.4) is 0 Å². The van der Waals surface area contributed by atoms with Crippen LogP contribution >= 0.6 is 0 Å². The van der Waals surface area contributed by atoms with Gasteiger partial charge in [0.05, 0.1) is 6.54 Å². The first-order valence-electron chi connectivity index (χ1n) is 8.23. The van der Waals surface area contributed by atoms with Crippen molar-refractivity contribution in [1.29, 1.82) is 0 Å². The third kappa shape index (κ3) is 4.35. The van der Waals surface area contributed by atoms with Gasteiger partial charge in [0.15, 0.2) is 12.1 Å². The Hall–Kier alpha value is -3.55. The van der Waals surface area contributed by atoms with Crippen LogP contribution in [0.25, 0.3) is 5.70 Å². The molecule has 0 unspecified atom stereocenters. The van der Waals surface area contributed by atoms with E-state index >= 15 is 0 Å². The molecule has 3 rings (SSSR count). The highest BCUT2D eigenvalue weighted by Gasteiger charge is 2.19. The lowest BCUT2D eigenvalue weighted by Crippen LogP contribution is -2.19. The van der Waals surface area contributed by atoms with Crippen molar-refractivity contribution in [1.82, 2.24) is 20.0 Å². The van der Waals surface area contributed by atoms with Crippen molar-refractivity contribution in [3.63, 3.8) is 0 Å². The van der Waals surface area contributed by atoms with Gasteiger partial charge in [-0.15, -0.1) is 0 Å². The first-order chi connectivity index (χ1) is 13.1. The number of benzene rings is 1. The van der Waals surface area contributed by atoms with E-state index in [1.807, 2.05) is 0 Å². The summed E-state index contributed by atoms with van der Waals surface area (Å²) in [5, 5.41) is 15.6. The zero-order valence-corrected chi connectivity index (χ0v) is 14.9. The summed E-state index contributed by atoms with van der Waals surface area (Å²) in [6.07, 6.45) is 6.07. The number of hydrogen-bond acceptors (Lipinski definition) is 7. The largest absolute Gasteiger partial charge is 0.491 e. The molecule has 1 N–H and O–H groups in total. The number of halogens is 1. The number of nitrogens with zero attached hydrogens (tertiary/aromatic N) is 5. The van der Waals surface area contributed by atoms with E-state index in [1.54, 1.807) is 56.6 Å². The fourth-order valence-electron chi connectivity index (χ4n) is 2.44. The fraction of sp³-hybridized carbons (Fsp3) is 0.158. The summed E-state index contributed by atoms with van der Waals surface area (Å²) in [5.74, 6) is 0.0120. The minimum atomic E-state index is -0.350. The van der Waals surface area contributed by atoms with Gasteiger partial charge in [-0.25, -0.2) is 14.4 Å². The second-order valence-corrected chi connectivity index (χ2v) is 5.59. The van der Waals surface area contributed by atoms with Crippen LogP contribution in [-0.4, -0.2) is 30.8 Å². The lowest BCUT2D eigenvalue weighted by atomic mass is 10.2. The van der Waals surface area contributed by atoms with Crippen molar-refractivity contribution in [2.45, 2.75) is 20.4 Å². The van der Waals surface area contributed by atoms with Crippen LogP contribution in [-0.2, 0) is 6.54 Å². The van der Waals surface area contributed by atoms with Gasteiger partial charge in [0.1, 0.15) is 17.2 Å². The molecule has 3 aromatic rings. The van der Waals surface area contributed by atoms with E-state index in [0.29, 0.717) is 22.8 Å². The summed E-state index contributed by atoms with van der Waals surface area (Å²) >= 11 is 0. The molecule has 0 radical (unpaired) electrons. The molecular formula is C19H18FN5O2. The lowest BCUT2D eigenvalue weighted by molar-refractivity contribution is 0.385. The average molecular weight is 367 g/mol. The number of aromatic nitrogens is 3. The molecular weight excluding hydrogens is 349 g/mol. The predicted octanol–water partition coefficient (Wildman–Crippen LogP) is 3.60. The lowest BCUT2D eigenvalue weighted by Gasteiger charge is -2.21. The minimum absolute atomic E-state index is 0.125. The number of hydrogen-bond donors (Lipinski definition) is 1. The van der Waals surface area contributed by atoms with Crippen molar-refractivity contribution in [3.8, 4) is 5.88 Å². The van der Waals surface area contributed by atoms with Gasteiger partial charge in [-0.3, -0.25) is 5.01 Å². The normalized spacial score (nSPS) is 12.3. The van der Waals surface area contributed by atoms with Gasteiger partial charge >= 0.3 is 0 Å².